The van der Waals surface area contributed by atoms with Gasteiger partial charge in [0.15, 0.2) is 0 Å². The quantitative estimate of drug-likeness (QED) is 0.845. The molecule has 2 heteroatoms. The average Bonchev–Trinajstić information content (AvgIpc) is 2.27. The smallest absolute Gasteiger partial charge is 0.0628 e. The molecule has 0 bridgehead atoms. The van der Waals surface area contributed by atoms with Gasteiger partial charge < -0.3 is 10.0 Å². The lowest BCUT2D eigenvalue weighted by Crippen LogP contribution is -2.22. The topological polar surface area (TPSA) is 23.5 Å². The Balaban J connectivity index is 2.81. The van der Waals surface area contributed by atoms with Gasteiger partial charge in [0.2, 0.25) is 0 Å². The van der Waals surface area contributed by atoms with Crippen LogP contribution in [-0.4, -0.2) is 25.3 Å². The molecule has 0 aromatic heterocycles. The van der Waals surface area contributed by atoms with E-state index in [9.17, 15) is 5.11 Å². The summed E-state index contributed by atoms with van der Waals surface area (Å²) >= 11 is 0. The van der Waals surface area contributed by atoms with Crippen molar-refractivity contribution in [1.82, 2.24) is 0 Å². The standard InChI is InChI=1S/C14H23NO/c1-10(2)14(16)11(3)12-6-8-13(9-7-12)15(4)5/h6-11,14,16H,1-5H3. The lowest BCUT2D eigenvalue weighted by atomic mass is 9.89. The minimum atomic E-state index is -0.273. The number of aliphatic hydroxyl groups excluding tert-OH is 1. The van der Waals surface area contributed by atoms with E-state index in [1.54, 1.807) is 0 Å². The van der Waals surface area contributed by atoms with Crippen molar-refractivity contribution in [1.29, 1.82) is 0 Å². The van der Waals surface area contributed by atoms with Crippen LogP contribution in [0.2, 0.25) is 0 Å². The summed E-state index contributed by atoms with van der Waals surface area (Å²) in [5.74, 6) is 0.486. The predicted molar refractivity (Wildman–Crippen MR) is 70.0 cm³/mol. The van der Waals surface area contributed by atoms with Gasteiger partial charge in [-0.25, -0.2) is 0 Å². The molecule has 0 radical (unpaired) electrons. The fourth-order valence-corrected chi connectivity index (χ4v) is 1.85. The lowest BCUT2D eigenvalue weighted by molar-refractivity contribution is 0.102. The second-order valence-corrected chi connectivity index (χ2v) is 5.01. The van der Waals surface area contributed by atoms with Crippen LogP contribution >= 0.6 is 0 Å². The van der Waals surface area contributed by atoms with Crippen molar-refractivity contribution in [2.24, 2.45) is 5.92 Å². The molecule has 2 nitrogen and oxygen atoms in total. The third kappa shape index (κ3) is 2.99. The summed E-state index contributed by atoms with van der Waals surface area (Å²) in [7, 11) is 4.06. The first-order valence-corrected chi connectivity index (χ1v) is 5.88. The van der Waals surface area contributed by atoms with E-state index in [4.69, 9.17) is 0 Å². The summed E-state index contributed by atoms with van der Waals surface area (Å²) in [5, 5.41) is 10.0. The van der Waals surface area contributed by atoms with E-state index in [2.05, 4.69) is 49.9 Å². The summed E-state index contributed by atoms with van der Waals surface area (Å²) < 4.78 is 0. The van der Waals surface area contributed by atoms with Crippen molar-refractivity contribution in [3.05, 3.63) is 29.8 Å². The molecule has 0 aliphatic carbocycles. The molecule has 0 aliphatic rings. The molecule has 0 aliphatic heterocycles. The molecule has 0 heterocycles. The molecule has 16 heavy (non-hydrogen) atoms. The van der Waals surface area contributed by atoms with Crippen LogP contribution in [0.3, 0.4) is 0 Å². The lowest BCUT2D eigenvalue weighted by Gasteiger charge is -2.23. The van der Waals surface area contributed by atoms with Gasteiger partial charge in [-0.1, -0.05) is 32.9 Å². The van der Waals surface area contributed by atoms with Crippen molar-refractivity contribution >= 4 is 5.69 Å². The van der Waals surface area contributed by atoms with Gasteiger partial charge in [0, 0.05) is 25.7 Å². The van der Waals surface area contributed by atoms with Gasteiger partial charge in [0.1, 0.15) is 0 Å². The number of rotatable bonds is 4. The molecule has 0 saturated heterocycles. The Morgan fingerprint density at radius 2 is 1.50 bits per heavy atom. The summed E-state index contributed by atoms with van der Waals surface area (Å²) in [4.78, 5) is 2.08. The van der Waals surface area contributed by atoms with Gasteiger partial charge in [-0.05, 0) is 23.6 Å². The first kappa shape index (κ1) is 13.0. The highest BCUT2D eigenvalue weighted by Crippen LogP contribution is 2.25. The summed E-state index contributed by atoms with van der Waals surface area (Å²) in [6.45, 7) is 6.18. The van der Waals surface area contributed by atoms with E-state index in [0.29, 0.717) is 5.92 Å². The maximum atomic E-state index is 10.0. The number of nitrogens with zero attached hydrogens (tertiary/aromatic N) is 1. The Morgan fingerprint density at radius 1 is 1.00 bits per heavy atom. The molecular formula is C14H23NO. The second kappa shape index (κ2) is 5.35. The van der Waals surface area contributed by atoms with Crippen molar-refractivity contribution in [2.45, 2.75) is 32.8 Å². The Labute approximate surface area is 98.9 Å². The Kier molecular flexibility index (Phi) is 4.36. The highest BCUT2D eigenvalue weighted by Gasteiger charge is 2.19. The minimum Gasteiger partial charge on any atom is -0.392 e. The molecule has 0 fully saturated rings. The maximum absolute atomic E-state index is 10.0. The fourth-order valence-electron chi connectivity index (χ4n) is 1.85. The number of aliphatic hydroxyl groups is 1. The van der Waals surface area contributed by atoms with Gasteiger partial charge in [-0.15, -0.1) is 0 Å². The monoisotopic (exact) mass is 221 g/mol. The molecule has 1 aromatic carbocycles. The molecule has 0 spiro atoms. The average molecular weight is 221 g/mol. The van der Waals surface area contributed by atoms with Crippen molar-refractivity contribution in [3.8, 4) is 0 Å². The zero-order chi connectivity index (χ0) is 12.3. The zero-order valence-corrected chi connectivity index (χ0v) is 10.9. The summed E-state index contributed by atoms with van der Waals surface area (Å²) in [6.07, 6.45) is -0.273. The van der Waals surface area contributed by atoms with Crippen molar-refractivity contribution in [3.63, 3.8) is 0 Å². The van der Waals surface area contributed by atoms with E-state index >= 15 is 0 Å². The number of hydrogen-bond acceptors (Lipinski definition) is 2. The Hall–Kier alpha value is -1.02. The number of benzene rings is 1. The van der Waals surface area contributed by atoms with E-state index in [-0.39, 0.29) is 12.0 Å². The Morgan fingerprint density at radius 3 is 1.88 bits per heavy atom. The van der Waals surface area contributed by atoms with Crippen molar-refractivity contribution < 1.29 is 5.11 Å². The summed E-state index contributed by atoms with van der Waals surface area (Å²) in [6, 6.07) is 8.40. The molecule has 0 amide bonds. The highest BCUT2D eigenvalue weighted by molar-refractivity contribution is 5.46. The molecule has 90 valence electrons. The Bertz CT molecular complexity index is 316. The normalized spacial score (nSPS) is 14.9. The number of anilines is 1. The summed E-state index contributed by atoms with van der Waals surface area (Å²) in [5.41, 5.74) is 2.39. The minimum absolute atomic E-state index is 0.191. The highest BCUT2D eigenvalue weighted by atomic mass is 16.3. The molecular weight excluding hydrogens is 198 g/mol. The predicted octanol–water partition coefficient (Wildman–Crippen LogP) is 2.87. The molecule has 2 atom stereocenters. The molecule has 1 N–H and O–H groups in total. The largest absolute Gasteiger partial charge is 0.392 e. The maximum Gasteiger partial charge on any atom is 0.0628 e. The van der Waals surface area contributed by atoms with Gasteiger partial charge in [0.05, 0.1) is 6.10 Å². The van der Waals surface area contributed by atoms with Gasteiger partial charge in [-0.3, -0.25) is 0 Å². The van der Waals surface area contributed by atoms with E-state index in [0.717, 1.165) is 0 Å². The third-order valence-electron chi connectivity index (χ3n) is 3.13. The van der Waals surface area contributed by atoms with Crippen LogP contribution in [-0.2, 0) is 0 Å². The van der Waals surface area contributed by atoms with E-state index in [1.165, 1.54) is 11.3 Å². The SMILES string of the molecule is CC(C)C(O)C(C)c1ccc(N(C)C)cc1. The van der Waals surface area contributed by atoms with Crippen LogP contribution in [0, 0.1) is 5.92 Å². The van der Waals surface area contributed by atoms with Crippen LogP contribution in [0.4, 0.5) is 5.69 Å². The van der Waals surface area contributed by atoms with Crippen LogP contribution in [0.5, 0.6) is 0 Å². The molecule has 2 unspecified atom stereocenters. The number of hydrogen-bond donors (Lipinski definition) is 1. The van der Waals surface area contributed by atoms with Crippen LogP contribution in [0.25, 0.3) is 0 Å². The molecule has 1 aromatic rings. The second-order valence-electron chi connectivity index (χ2n) is 5.01. The van der Waals surface area contributed by atoms with Crippen LogP contribution in [0.1, 0.15) is 32.3 Å². The van der Waals surface area contributed by atoms with E-state index in [1.807, 2.05) is 14.1 Å². The first-order chi connectivity index (χ1) is 7.43. The van der Waals surface area contributed by atoms with E-state index < -0.39 is 0 Å². The van der Waals surface area contributed by atoms with Crippen LogP contribution < -0.4 is 4.90 Å². The van der Waals surface area contributed by atoms with Gasteiger partial charge in [0.25, 0.3) is 0 Å². The van der Waals surface area contributed by atoms with Crippen molar-refractivity contribution in [2.75, 3.05) is 19.0 Å². The third-order valence-corrected chi connectivity index (χ3v) is 3.13. The van der Waals surface area contributed by atoms with Crippen LogP contribution in [0.15, 0.2) is 24.3 Å². The molecule has 0 saturated carbocycles. The van der Waals surface area contributed by atoms with Gasteiger partial charge >= 0.3 is 0 Å². The zero-order valence-electron chi connectivity index (χ0n) is 10.9. The fraction of sp³-hybridized carbons (Fsp3) is 0.571. The van der Waals surface area contributed by atoms with Gasteiger partial charge in [-0.2, -0.15) is 0 Å². The first-order valence-electron chi connectivity index (χ1n) is 5.88. The molecule has 1 rings (SSSR count).